The van der Waals surface area contributed by atoms with E-state index >= 15 is 0 Å². The van der Waals surface area contributed by atoms with Gasteiger partial charge in [0.2, 0.25) is 0 Å². The molecule has 0 aliphatic carbocycles. The standard InChI is InChI=1S/C13H17NO/c1-11(15)9-13-6-3-5-12(10-13)7-4-8-14-2/h3-7,10,14H,8-9H2,1-2H3. The summed E-state index contributed by atoms with van der Waals surface area (Å²) in [4.78, 5) is 11.0. The number of carbonyl (C=O) groups is 1. The van der Waals surface area contributed by atoms with Crippen molar-refractivity contribution in [1.82, 2.24) is 5.32 Å². The highest BCUT2D eigenvalue weighted by Gasteiger charge is 1.97. The van der Waals surface area contributed by atoms with Gasteiger partial charge in [-0.15, -0.1) is 0 Å². The Morgan fingerprint density at radius 1 is 1.47 bits per heavy atom. The zero-order valence-corrected chi connectivity index (χ0v) is 9.29. The Kier molecular flexibility index (Phi) is 4.78. The first-order chi connectivity index (χ1) is 7.22. The van der Waals surface area contributed by atoms with Crippen LogP contribution in [-0.4, -0.2) is 19.4 Å². The molecule has 2 heteroatoms. The summed E-state index contributed by atoms with van der Waals surface area (Å²) in [5, 5.41) is 3.04. The minimum atomic E-state index is 0.200. The minimum absolute atomic E-state index is 0.200. The SMILES string of the molecule is CNCC=Cc1cccc(CC(C)=O)c1. The molecule has 0 heterocycles. The average molecular weight is 203 g/mol. The molecule has 0 radical (unpaired) electrons. The van der Waals surface area contributed by atoms with Crippen LogP contribution in [0.15, 0.2) is 30.3 Å². The van der Waals surface area contributed by atoms with Gasteiger partial charge in [0.05, 0.1) is 0 Å². The molecular formula is C13H17NO. The van der Waals surface area contributed by atoms with E-state index in [0.29, 0.717) is 6.42 Å². The average Bonchev–Trinajstić information content (AvgIpc) is 2.18. The summed E-state index contributed by atoms with van der Waals surface area (Å²) >= 11 is 0. The zero-order valence-electron chi connectivity index (χ0n) is 9.29. The quantitative estimate of drug-likeness (QED) is 0.793. The first-order valence-corrected chi connectivity index (χ1v) is 5.12. The first-order valence-electron chi connectivity index (χ1n) is 5.12. The normalized spacial score (nSPS) is 10.8. The van der Waals surface area contributed by atoms with Crippen molar-refractivity contribution in [3.8, 4) is 0 Å². The highest BCUT2D eigenvalue weighted by atomic mass is 16.1. The van der Waals surface area contributed by atoms with Crippen LogP contribution in [0.5, 0.6) is 0 Å². The third-order valence-electron chi connectivity index (χ3n) is 2.04. The first kappa shape index (κ1) is 11.7. The molecule has 0 saturated heterocycles. The number of nitrogens with one attached hydrogen (secondary N) is 1. The molecule has 0 fully saturated rings. The Labute approximate surface area is 91.0 Å². The number of likely N-dealkylation sites (N-methyl/N-ethyl adjacent to an activating group) is 1. The van der Waals surface area contributed by atoms with Gasteiger partial charge in [-0.2, -0.15) is 0 Å². The third kappa shape index (κ3) is 4.56. The van der Waals surface area contributed by atoms with Gasteiger partial charge in [-0.1, -0.05) is 36.4 Å². The second-order valence-electron chi connectivity index (χ2n) is 3.58. The predicted octanol–water partition coefficient (Wildman–Crippen LogP) is 2.05. The lowest BCUT2D eigenvalue weighted by Gasteiger charge is -1.99. The molecule has 0 bridgehead atoms. The smallest absolute Gasteiger partial charge is 0.134 e. The number of hydrogen-bond donors (Lipinski definition) is 1. The summed E-state index contributed by atoms with van der Waals surface area (Å²) in [6.07, 6.45) is 4.64. The number of hydrogen-bond acceptors (Lipinski definition) is 2. The van der Waals surface area contributed by atoms with Gasteiger partial charge >= 0.3 is 0 Å². The van der Waals surface area contributed by atoms with Crippen molar-refractivity contribution in [3.05, 3.63) is 41.5 Å². The Balaban J connectivity index is 2.69. The van der Waals surface area contributed by atoms with Gasteiger partial charge < -0.3 is 5.32 Å². The fraction of sp³-hybridized carbons (Fsp3) is 0.308. The lowest BCUT2D eigenvalue weighted by atomic mass is 10.1. The number of ketones is 1. The topological polar surface area (TPSA) is 29.1 Å². The van der Waals surface area contributed by atoms with Crippen LogP contribution < -0.4 is 5.32 Å². The van der Waals surface area contributed by atoms with E-state index in [1.165, 1.54) is 0 Å². The fourth-order valence-corrected chi connectivity index (χ4v) is 1.41. The Bertz CT molecular complexity index is 355. The van der Waals surface area contributed by atoms with Gasteiger partial charge in [0.1, 0.15) is 5.78 Å². The van der Waals surface area contributed by atoms with Gasteiger partial charge in [0, 0.05) is 13.0 Å². The molecule has 2 nitrogen and oxygen atoms in total. The van der Waals surface area contributed by atoms with E-state index in [2.05, 4.69) is 17.5 Å². The summed E-state index contributed by atoms with van der Waals surface area (Å²) < 4.78 is 0. The second kappa shape index (κ2) is 6.14. The summed E-state index contributed by atoms with van der Waals surface area (Å²) in [5.41, 5.74) is 2.22. The van der Waals surface area contributed by atoms with Crippen molar-refractivity contribution in [3.63, 3.8) is 0 Å². The monoisotopic (exact) mass is 203 g/mol. The summed E-state index contributed by atoms with van der Waals surface area (Å²) in [7, 11) is 1.91. The van der Waals surface area contributed by atoms with E-state index in [4.69, 9.17) is 0 Å². The summed E-state index contributed by atoms with van der Waals surface area (Å²) in [6, 6.07) is 8.05. The van der Waals surface area contributed by atoms with Crippen LogP contribution in [0.2, 0.25) is 0 Å². The van der Waals surface area contributed by atoms with Crippen LogP contribution in [0.4, 0.5) is 0 Å². The van der Waals surface area contributed by atoms with Gasteiger partial charge in [0.15, 0.2) is 0 Å². The Morgan fingerprint density at radius 2 is 2.27 bits per heavy atom. The van der Waals surface area contributed by atoms with Crippen molar-refractivity contribution in [2.45, 2.75) is 13.3 Å². The molecule has 0 saturated carbocycles. The van der Waals surface area contributed by atoms with Crippen molar-refractivity contribution < 1.29 is 4.79 Å². The molecule has 0 atom stereocenters. The van der Waals surface area contributed by atoms with Crippen LogP contribution in [0.1, 0.15) is 18.1 Å². The van der Waals surface area contributed by atoms with Crippen LogP contribution in [-0.2, 0) is 11.2 Å². The molecule has 15 heavy (non-hydrogen) atoms. The number of Topliss-reactive ketones (excluding diaryl/α,β-unsaturated/α-hetero) is 1. The Hall–Kier alpha value is -1.41. The van der Waals surface area contributed by atoms with Gasteiger partial charge in [0.25, 0.3) is 0 Å². The Morgan fingerprint density at radius 3 is 2.93 bits per heavy atom. The van der Waals surface area contributed by atoms with E-state index < -0.39 is 0 Å². The molecule has 0 unspecified atom stereocenters. The maximum Gasteiger partial charge on any atom is 0.134 e. The number of rotatable bonds is 5. The molecule has 1 aromatic carbocycles. The molecule has 1 N–H and O–H groups in total. The third-order valence-corrected chi connectivity index (χ3v) is 2.04. The lowest BCUT2D eigenvalue weighted by molar-refractivity contribution is -0.116. The largest absolute Gasteiger partial charge is 0.316 e. The number of benzene rings is 1. The van der Waals surface area contributed by atoms with Gasteiger partial charge in [-0.05, 0) is 25.1 Å². The van der Waals surface area contributed by atoms with E-state index in [-0.39, 0.29) is 5.78 Å². The molecule has 80 valence electrons. The molecule has 0 aliphatic heterocycles. The molecule has 0 amide bonds. The number of carbonyl (C=O) groups excluding carboxylic acids is 1. The highest BCUT2D eigenvalue weighted by molar-refractivity contribution is 5.78. The second-order valence-corrected chi connectivity index (χ2v) is 3.58. The predicted molar refractivity (Wildman–Crippen MR) is 63.8 cm³/mol. The molecule has 0 aromatic heterocycles. The molecule has 0 spiro atoms. The van der Waals surface area contributed by atoms with Crippen LogP contribution >= 0.6 is 0 Å². The van der Waals surface area contributed by atoms with Crippen molar-refractivity contribution in [2.24, 2.45) is 0 Å². The summed E-state index contributed by atoms with van der Waals surface area (Å²) in [5.74, 6) is 0.200. The zero-order chi connectivity index (χ0) is 11.1. The van der Waals surface area contributed by atoms with E-state index in [0.717, 1.165) is 17.7 Å². The maximum absolute atomic E-state index is 11.0. The summed E-state index contributed by atoms with van der Waals surface area (Å²) in [6.45, 7) is 2.47. The van der Waals surface area contributed by atoms with Gasteiger partial charge in [-0.3, -0.25) is 4.79 Å². The lowest BCUT2D eigenvalue weighted by Crippen LogP contribution is -2.03. The maximum atomic E-state index is 11.0. The van der Waals surface area contributed by atoms with Crippen LogP contribution in [0.25, 0.3) is 6.08 Å². The minimum Gasteiger partial charge on any atom is -0.316 e. The molecule has 0 aliphatic rings. The fourth-order valence-electron chi connectivity index (χ4n) is 1.41. The van der Waals surface area contributed by atoms with Crippen molar-refractivity contribution in [1.29, 1.82) is 0 Å². The highest BCUT2D eigenvalue weighted by Crippen LogP contribution is 2.07. The van der Waals surface area contributed by atoms with Crippen molar-refractivity contribution in [2.75, 3.05) is 13.6 Å². The van der Waals surface area contributed by atoms with Gasteiger partial charge in [-0.25, -0.2) is 0 Å². The van der Waals surface area contributed by atoms with E-state index in [1.54, 1.807) is 6.92 Å². The molecule has 1 aromatic rings. The van der Waals surface area contributed by atoms with E-state index in [1.807, 2.05) is 31.3 Å². The van der Waals surface area contributed by atoms with Crippen molar-refractivity contribution >= 4 is 11.9 Å². The van der Waals surface area contributed by atoms with E-state index in [9.17, 15) is 4.79 Å². The molecular weight excluding hydrogens is 186 g/mol. The van der Waals surface area contributed by atoms with Crippen LogP contribution in [0.3, 0.4) is 0 Å². The van der Waals surface area contributed by atoms with Crippen LogP contribution in [0, 0.1) is 0 Å². The molecule has 1 rings (SSSR count).